The number of rotatable bonds is 10. The van der Waals surface area contributed by atoms with Crippen LogP contribution in [0.4, 0.5) is 0 Å². The van der Waals surface area contributed by atoms with Crippen LogP contribution in [-0.2, 0) is 9.59 Å². The molecule has 0 saturated heterocycles. The first-order chi connectivity index (χ1) is 13.8. The summed E-state index contributed by atoms with van der Waals surface area (Å²) in [4.78, 5) is 25.3. The Morgan fingerprint density at radius 1 is 0.724 bits per heavy atom. The lowest BCUT2D eigenvalue weighted by atomic mass is 9.58. The van der Waals surface area contributed by atoms with Crippen LogP contribution in [0.3, 0.4) is 0 Å². The molecule has 0 aliphatic rings. The Morgan fingerprint density at radius 2 is 1.03 bits per heavy atom. The molecular formula is C23H24O6. The fourth-order valence-corrected chi connectivity index (χ4v) is 3.87. The Kier molecular flexibility index (Phi) is 7.09. The predicted molar refractivity (Wildman–Crippen MR) is 108 cm³/mol. The molecule has 6 heteroatoms. The van der Waals surface area contributed by atoms with Crippen molar-refractivity contribution in [2.75, 3.05) is 0 Å². The maximum absolute atomic E-state index is 12.7. The van der Waals surface area contributed by atoms with Gasteiger partial charge in [-0.1, -0.05) is 72.8 Å². The van der Waals surface area contributed by atoms with Gasteiger partial charge in [0.05, 0.1) is 12.2 Å². The van der Waals surface area contributed by atoms with Gasteiger partial charge in [-0.2, -0.15) is 0 Å². The van der Waals surface area contributed by atoms with E-state index in [1.165, 1.54) is 0 Å². The van der Waals surface area contributed by atoms with Crippen molar-refractivity contribution in [2.45, 2.75) is 24.0 Å². The number of benzene rings is 2. The molecule has 4 N–H and O–H groups in total. The fourth-order valence-electron chi connectivity index (χ4n) is 3.87. The highest BCUT2D eigenvalue weighted by molar-refractivity contribution is 6.01. The molecule has 0 aromatic heterocycles. The molecule has 0 bridgehead atoms. The van der Waals surface area contributed by atoms with E-state index >= 15 is 0 Å². The van der Waals surface area contributed by atoms with Crippen LogP contribution in [0.2, 0.25) is 0 Å². The molecule has 4 unspecified atom stereocenters. The molecule has 2 aromatic rings. The topological polar surface area (TPSA) is 115 Å². The Balaban J connectivity index is 2.93. The quantitative estimate of drug-likeness (QED) is 0.363. The van der Waals surface area contributed by atoms with E-state index in [4.69, 9.17) is 0 Å². The molecule has 0 radical (unpaired) electrons. The largest absolute Gasteiger partial charge is 0.480 e. The summed E-state index contributed by atoms with van der Waals surface area (Å²) in [6, 6.07) is 16.0. The number of aliphatic hydroxyl groups excluding tert-OH is 2. The van der Waals surface area contributed by atoms with Crippen molar-refractivity contribution in [1.82, 2.24) is 0 Å². The second-order valence-corrected chi connectivity index (χ2v) is 6.71. The molecular weight excluding hydrogens is 372 g/mol. The van der Waals surface area contributed by atoms with Crippen LogP contribution in [0.15, 0.2) is 86.0 Å². The van der Waals surface area contributed by atoms with Crippen molar-refractivity contribution in [3.63, 3.8) is 0 Å². The molecule has 0 aliphatic carbocycles. The summed E-state index contributed by atoms with van der Waals surface area (Å²) in [5, 5.41) is 42.0. The maximum Gasteiger partial charge on any atom is 0.322 e. The van der Waals surface area contributed by atoms with Gasteiger partial charge in [0.25, 0.3) is 0 Å². The van der Waals surface area contributed by atoms with Crippen LogP contribution in [0, 0.1) is 5.41 Å². The summed E-state index contributed by atoms with van der Waals surface area (Å²) < 4.78 is 0. The van der Waals surface area contributed by atoms with Crippen molar-refractivity contribution < 1.29 is 30.0 Å². The number of carboxylic acid groups (broad SMARTS) is 2. The van der Waals surface area contributed by atoms with Gasteiger partial charge in [0.15, 0.2) is 5.41 Å². The van der Waals surface area contributed by atoms with Gasteiger partial charge < -0.3 is 20.4 Å². The van der Waals surface area contributed by atoms with Gasteiger partial charge in [-0.3, -0.25) is 9.59 Å². The highest BCUT2D eigenvalue weighted by Gasteiger charge is 2.62. The van der Waals surface area contributed by atoms with E-state index in [1.807, 2.05) is 0 Å². The van der Waals surface area contributed by atoms with E-state index in [9.17, 15) is 30.0 Å². The second-order valence-electron chi connectivity index (χ2n) is 6.71. The van der Waals surface area contributed by atoms with Crippen LogP contribution < -0.4 is 0 Å². The van der Waals surface area contributed by atoms with Crippen LogP contribution in [0.1, 0.15) is 23.0 Å². The van der Waals surface area contributed by atoms with Gasteiger partial charge in [0, 0.05) is 11.8 Å². The second kappa shape index (κ2) is 9.32. The summed E-state index contributed by atoms with van der Waals surface area (Å²) in [7, 11) is 0. The minimum absolute atomic E-state index is 0.293. The Bertz CT molecular complexity index is 788. The number of hydrogen-bond acceptors (Lipinski definition) is 4. The van der Waals surface area contributed by atoms with Gasteiger partial charge in [0.2, 0.25) is 0 Å². The smallest absolute Gasteiger partial charge is 0.322 e. The summed E-state index contributed by atoms with van der Waals surface area (Å²) in [6.45, 7) is 7.04. The fraction of sp³-hybridized carbons (Fsp3) is 0.217. The number of hydrogen-bond donors (Lipinski definition) is 4. The Hall–Kier alpha value is -3.22. The molecule has 0 spiro atoms. The van der Waals surface area contributed by atoms with E-state index in [0.29, 0.717) is 11.1 Å². The Morgan fingerprint density at radius 3 is 1.28 bits per heavy atom. The summed E-state index contributed by atoms with van der Waals surface area (Å²) in [5.41, 5.74) is -2.03. The SMILES string of the molecule is C=CC(O)C(c1ccccc1)C(C(=O)O)(C(=O)O)C(c1ccccc1)C(O)C=C. The lowest BCUT2D eigenvalue weighted by molar-refractivity contribution is -0.173. The lowest BCUT2D eigenvalue weighted by Crippen LogP contribution is -2.54. The van der Waals surface area contributed by atoms with Crippen LogP contribution >= 0.6 is 0 Å². The van der Waals surface area contributed by atoms with Gasteiger partial charge in [-0.05, 0) is 11.1 Å². The predicted octanol–water partition coefficient (Wildman–Crippen LogP) is 2.80. The zero-order chi connectivity index (χ0) is 21.6. The zero-order valence-electron chi connectivity index (χ0n) is 15.8. The highest BCUT2D eigenvalue weighted by Crippen LogP contribution is 2.51. The van der Waals surface area contributed by atoms with E-state index in [1.54, 1.807) is 60.7 Å². The monoisotopic (exact) mass is 396 g/mol. The molecule has 0 heterocycles. The Labute approximate surface area is 169 Å². The van der Waals surface area contributed by atoms with E-state index < -0.39 is 41.4 Å². The van der Waals surface area contributed by atoms with E-state index in [2.05, 4.69) is 13.2 Å². The molecule has 0 saturated carbocycles. The standard InChI is InChI=1S/C23H24O6/c1-3-17(24)19(15-11-7-5-8-12-15)23(21(26)27,22(28)29)20(18(25)4-2)16-13-9-6-10-14-16/h3-14,17-20,24-25H,1-2H2,(H,26,27)(H,28,29). The first kappa shape index (κ1) is 22.1. The van der Waals surface area contributed by atoms with Gasteiger partial charge in [-0.15, -0.1) is 13.2 Å². The van der Waals surface area contributed by atoms with Gasteiger partial charge in [0.1, 0.15) is 0 Å². The third-order valence-electron chi connectivity index (χ3n) is 5.17. The average molecular weight is 396 g/mol. The summed E-state index contributed by atoms with van der Waals surface area (Å²) in [6.07, 6.45) is -0.818. The zero-order valence-corrected chi connectivity index (χ0v) is 15.8. The summed E-state index contributed by atoms with van der Waals surface area (Å²) >= 11 is 0. The number of carbonyl (C=O) groups is 2. The van der Waals surface area contributed by atoms with Crippen LogP contribution in [0.25, 0.3) is 0 Å². The van der Waals surface area contributed by atoms with Crippen molar-refractivity contribution in [1.29, 1.82) is 0 Å². The molecule has 6 nitrogen and oxygen atoms in total. The first-order valence-electron chi connectivity index (χ1n) is 9.00. The van der Waals surface area contributed by atoms with Gasteiger partial charge >= 0.3 is 11.9 Å². The molecule has 4 atom stereocenters. The molecule has 0 amide bonds. The molecule has 152 valence electrons. The minimum Gasteiger partial charge on any atom is -0.480 e. The molecule has 0 fully saturated rings. The highest BCUT2D eigenvalue weighted by atomic mass is 16.4. The van der Waals surface area contributed by atoms with Crippen molar-refractivity contribution in [2.24, 2.45) is 5.41 Å². The number of aliphatic carboxylic acids is 2. The molecule has 2 aromatic carbocycles. The number of carboxylic acids is 2. The minimum atomic E-state index is -2.62. The average Bonchev–Trinajstić information content (AvgIpc) is 2.73. The van der Waals surface area contributed by atoms with Crippen molar-refractivity contribution in [3.8, 4) is 0 Å². The van der Waals surface area contributed by atoms with Crippen LogP contribution in [-0.4, -0.2) is 44.6 Å². The van der Waals surface area contributed by atoms with E-state index in [0.717, 1.165) is 12.2 Å². The third-order valence-corrected chi connectivity index (χ3v) is 5.17. The molecule has 2 rings (SSSR count). The van der Waals surface area contributed by atoms with E-state index in [-0.39, 0.29) is 0 Å². The molecule has 29 heavy (non-hydrogen) atoms. The lowest BCUT2D eigenvalue weighted by Gasteiger charge is -2.42. The van der Waals surface area contributed by atoms with Crippen molar-refractivity contribution in [3.05, 3.63) is 97.1 Å². The van der Waals surface area contributed by atoms with Gasteiger partial charge in [-0.25, -0.2) is 0 Å². The molecule has 0 aliphatic heterocycles. The first-order valence-corrected chi connectivity index (χ1v) is 9.00. The normalized spacial score (nSPS) is 15.5. The van der Waals surface area contributed by atoms with Crippen LogP contribution in [0.5, 0.6) is 0 Å². The summed E-state index contributed by atoms with van der Waals surface area (Å²) in [5.74, 6) is -6.24. The van der Waals surface area contributed by atoms with Crippen molar-refractivity contribution >= 4 is 11.9 Å². The maximum atomic E-state index is 12.7. The number of aliphatic hydroxyl groups is 2. The third kappa shape index (κ3) is 3.99.